The van der Waals surface area contributed by atoms with Gasteiger partial charge in [-0.3, -0.25) is 18.9 Å². The Morgan fingerprint density at radius 2 is 1.94 bits per heavy atom. The molecule has 0 unspecified atom stereocenters. The highest BCUT2D eigenvalue weighted by Gasteiger charge is 2.32. The summed E-state index contributed by atoms with van der Waals surface area (Å²) in [4.78, 5) is 33.1. The van der Waals surface area contributed by atoms with Crippen LogP contribution < -0.4 is 15.6 Å². The van der Waals surface area contributed by atoms with Gasteiger partial charge in [0.2, 0.25) is 0 Å². The number of thiocarbonyl (C=S) groups is 1. The monoisotopic (exact) mass is 496 g/mol. The number of benzene rings is 1. The molecule has 1 saturated heterocycles. The lowest BCUT2D eigenvalue weighted by Crippen LogP contribution is -2.27. The summed E-state index contributed by atoms with van der Waals surface area (Å²) in [5, 5.41) is 3.16. The highest BCUT2D eigenvalue weighted by Crippen LogP contribution is 2.34. The number of hydrogen-bond acceptors (Lipinski definition) is 8. The Bertz CT molecular complexity index is 1340. The Balaban J connectivity index is 1.70. The molecule has 0 radical (unpaired) electrons. The predicted octanol–water partition coefficient (Wildman–Crippen LogP) is 3.47. The van der Waals surface area contributed by atoms with Gasteiger partial charge in [-0.25, -0.2) is 4.98 Å². The summed E-state index contributed by atoms with van der Waals surface area (Å²) in [6, 6.07) is 11.1. The van der Waals surface area contributed by atoms with Crippen molar-refractivity contribution >= 4 is 51.7 Å². The van der Waals surface area contributed by atoms with Crippen LogP contribution in [-0.2, 0) is 16.1 Å². The van der Waals surface area contributed by atoms with E-state index < -0.39 is 0 Å². The smallest absolute Gasteiger partial charge is 0.267 e. The number of nitrogens with one attached hydrogen (secondary N) is 1. The van der Waals surface area contributed by atoms with Crippen LogP contribution in [0.3, 0.4) is 0 Å². The number of carbonyl (C=O) groups excluding carboxylic acids is 1. The van der Waals surface area contributed by atoms with Gasteiger partial charge in [0.05, 0.1) is 30.7 Å². The highest BCUT2D eigenvalue weighted by atomic mass is 32.2. The number of nitrogens with zero attached hydrogens (tertiary/aromatic N) is 3. The maximum Gasteiger partial charge on any atom is 0.267 e. The van der Waals surface area contributed by atoms with E-state index in [9.17, 15) is 9.59 Å². The van der Waals surface area contributed by atoms with Crippen molar-refractivity contribution in [2.24, 2.45) is 0 Å². The van der Waals surface area contributed by atoms with Crippen LogP contribution in [0.2, 0.25) is 0 Å². The number of aryl methyl sites for hydroxylation is 1. The van der Waals surface area contributed by atoms with Crippen molar-refractivity contribution in [1.29, 1.82) is 0 Å². The van der Waals surface area contributed by atoms with Crippen LogP contribution in [0.5, 0.6) is 5.75 Å². The summed E-state index contributed by atoms with van der Waals surface area (Å²) in [7, 11) is 3.20. The lowest BCUT2D eigenvalue weighted by atomic mass is 10.2. The van der Waals surface area contributed by atoms with Gasteiger partial charge in [-0.1, -0.05) is 42.2 Å². The molecule has 10 heteroatoms. The molecule has 2 aromatic heterocycles. The molecule has 3 heterocycles. The Hall–Kier alpha value is -3.21. The van der Waals surface area contributed by atoms with E-state index in [2.05, 4.69) is 10.3 Å². The molecule has 0 aliphatic carbocycles. The van der Waals surface area contributed by atoms with Gasteiger partial charge in [0.25, 0.3) is 11.5 Å². The highest BCUT2D eigenvalue weighted by molar-refractivity contribution is 8.26. The molecule has 1 N–H and O–H groups in total. The Morgan fingerprint density at radius 1 is 1.18 bits per heavy atom. The molecule has 0 spiro atoms. The van der Waals surface area contributed by atoms with E-state index in [1.807, 2.05) is 37.3 Å². The molecular weight excluding hydrogens is 472 g/mol. The van der Waals surface area contributed by atoms with Gasteiger partial charge in [-0.2, -0.15) is 0 Å². The summed E-state index contributed by atoms with van der Waals surface area (Å²) >= 11 is 6.65. The Morgan fingerprint density at radius 3 is 2.65 bits per heavy atom. The molecule has 1 fully saturated rings. The van der Waals surface area contributed by atoms with Gasteiger partial charge in [0.1, 0.15) is 21.5 Å². The zero-order valence-corrected chi connectivity index (χ0v) is 20.7. The third-order valence-electron chi connectivity index (χ3n) is 5.33. The normalized spacial score (nSPS) is 14.9. The maximum absolute atomic E-state index is 13.4. The molecule has 34 heavy (non-hydrogen) atoms. The van der Waals surface area contributed by atoms with Crippen LogP contribution in [0.4, 0.5) is 5.82 Å². The van der Waals surface area contributed by atoms with Gasteiger partial charge >= 0.3 is 0 Å². The number of methoxy groups -OCH3 is 2. The van der Waals surface area contributed by atoms with E-state index in [4.69, 9.17) is 21.7 Å². The molecule has 0 bridgehead atoms. The minimum absolute atomic E-state index is 0.248. The van der Waals surface area contributed by atoms with Crippen molar-refractivity contribution in [1.82, 2.24) is 14.3 Å². The maximum atomic E-state index is 13.4. The topological polar surface area (TPSA) is 85.2 Å². The molecule has 1 amide bonds. The Labute approximate surface area is 206 Å². The van der Waals surface area contributed by atoms with Crippen LogP contribution in [0.1, 0.15) is 16.7 Å². The van der Waals surface area contributed by atoms with Crippen LogP contribution in [0.25, 0.3) is 11.7 Å². The zero-order valence-electron chi connectivity index (χ0n) is 19.0. The van der Waals surface area contributed by atoms with E-state index in [0.717, 1.165) is 16.9 Å². The molecule has 1 aromatic carbocycles. The molecule has 1 aliphatic rings. The average molecular weight is 497 g/mol. The summed E-state index contributed by atoms with van der Waals surface area (Å²) < 4.78 is 12.2. The van der Waals surface area contributed by atoms with E-state index in [0.29, 0.717) is 46.0 Å². The standard InChI is InChI=1S/C24H24N4O4S2/c1-15-5-4-11-27-21(15)26-20(25-10-12-31-2)18(22(27)29)13-19-23(30)28(24(33)34-19)14-16-6-8-17(32-3)9-7-16/h4-9,11,13,25H,10,12,14H2,1-3H3. The molecule has 0 atom stereocenters. The SMILES string of the molecule is COCCNc1nc2c(C)cccn2c(=O)c1C=C1SC(=S)N(Cc2ccc(OC)cc2)C1=O. The minimum atomic E-state index is -0.269. The van der Waals surface area contributed by atoms with E-state index in [1.165, 1.54) is 21.1 Å². The first-order valence-corrected chi connectivity index (χ1v) is 11.8. The molecule has 8 nitrogen and oxygen atoms in total. The van der Waals surface area contributed by atoms with Crippen molar-refractivity contribution in [2.75, 3.05) is 32.7 Å². The second kappa shape index (κ2) is 10.4. The third-order valence-corrected chi connectivity index (χ3v) is 6.71. The van der Waals surface area contributed by atoms with E-state index >= 15 is 0 Å². The lowest BCUT2D eigenvalue weighted by Gasteiger charge is -2.15. The van der Waals surface area contributed by atoms with Gasteiger partial charge in [0.15, 0.2) is 0 Å². The largest absolute Gasteiger partial charge is 0.497 e. The molecule has 3 aromatic rings. The number of thioether (sulfide) groups is 1. The zero-order chi connectivity index (χ0) is 24.2. The van der Waals surface area contributed by atoms with Crippen LogP contribution in [-0.4, -0.2) is 51.9 Å². The molecule has 0 saturated carbocycles. The number of fused-ring (bicyclic) bond motifs is 1. The molecular formula is C24H24N4O4S2. The van der Waals surface area contributed by atoms with Crippen LogP contribution in [0.15, 0.2) is 52.3 Å². The summed E-state index contributed by atoms with van der Waals surface area (Å²) in [5.41, 5.74) is 2.37. The van der Waals surface area contributed by atoms with E-state index in [1.54, 1.807) is 32.6 Å². The summed E-state index contributed by atoms with van der Waals surface area (Å²) in [6.07, 6.45) is 3.25. The number of aromatic nitrogens is 2. The van der Waals surface area contributed by atoms with Gasteiger partial charge < -0.3 is 14.8 Å². The number of hydrogen-bond donors (Lipinski definition) is 1. The van der Waals surface area contributed by atoms with Crippen LogP contribution >= 0.6 is 24.0 Å². The number of anilines is 1. The van der Waals surface area contributed by atoms with Crippen molar-refractivity contribution in [2.45, 2.75) is 13.5 Å². The van der Waals surface area contributed by atoms with Crippen molar-refractivity contribution in [3.8, 4) is 5.75 Å². The number of pyridine rings is 1. The number of carbonyl (C=O) groups is 1. The molecule has 4 rings (SSSR count). The second-order valence-corrected chi connectivity index (χ2v) is 9.28. The van der Waals surface area contributed by atoms with E-state index in [-0.39, 0.29) is 11.5 Å². The van der Waals surface area contributed by atoms with Gasteiger partial charge in [-0.15, -0.1) is 0 Å². The van der Waals surface area contributed by atoms with Crippen molar-refractivity contribution < 1.29 is 14.3 Å². The van der Waals surface area contributed by atoms with Gasteiger partial charge in [-0.05, 0) is 42.3 Å². The van der Waals surface area contributed by atoms with Gasteiger partial charge in [0, 0.05) is 19.9 Å². The number of ether oxygens (including phenoxy) is 2. The fourth-order valence-electron chi connectivity index (χ4n) is 3.53. The molecule has 176 valence electrons. The molecule has 1 aliphatic heterocycles. The number of amides is 1. The number of rotatable bonds is 8. The first-order valence-electron chi connectivity index (χ1n) is 10.6. The van der Waals surface area contributed by atoms with Crippen LogP contribution in [0, 0.1) is 6.92 Å². The summed E-state index contributed by atoms with van der Waals surface area (Å²) in [5.74, 6) is 0.890. The average Bonchev–Trinajstić information content (AvgIpc) is 3.10. The van der Waals surface area contributed by atoms with Crippen molar-refractivity contribution in [3.63, 3.8) is 0 Å². The third kappa shape index (κ3) is 4.84. The minimum Gasteiger partial charge on any atom is -0.497 e. The first kappa shape index (κ1) is 23.9. The predicted molar refractivity (Wildman–Crippen MR) is 138 cm³/mol. The second-order valence-electron chi connectivity index (χ2n) is 7.60. The Kier molecular flexibility index (Phi) is 7.30. The lowest BCUT2D eigenvalue weighted by molar-refractivity contribution is -0.122. The fraction of sp³-hybridized carbons (Fsp3) is 0.250. The van der Waals surface area contributed by atoms with Crippen molar-refractivity contribution in [3.05, 3.63) is 74.5 Å². The summed E-state index contributed by atoms with van der Waals surface area (Å²) in [6.45, 7) is 3.13. The quantitative estimate of drug-likeness (QED) is 0.288. The fourth-order valence-corrected chi connectivity index (χ4v) is 4.77. The first-order chi connectivity index (χ1) is 16.4.